The molecule has 2 fully saturated rings. The highest BCUT2D eigenvalue weighted by Gasteiger charge is 2.21. The second-order valence-electron chi connectivity index (χ2n) is 3.44. The van der Waals surface area contributed by atoms with Crippen molar-refractivity contribution >= 4 is 0 Å². The highest BCUT2D eigenvalue weighted by molar-refractivity contribution is 4.85. The van der Waals surface area contributed by atoms with Gasteiger partial charge in [-0.1, -0.05) is 0 Å². The molecule has 1 atom stereocenters. The SMILES string of the molecule is C1COCC(NC2CNC2)C1. The van der Waals surface area contributed by atoms with E-state index in [4.69, 9.17) is 4.74 Å². The molecule has 3 nitrogen and oxygen atoms in total. The van der Waals surface area contributed by atoms with Crippen molar-refractivity contribution in [2.45, 2.75) is 24.9 Å². The smallest absolute Gasteiger partial charge is 0.0619 e. The van der Waals surface area contributed by atoms with Crippen LogP contribution in [0.5, 0.6) is 0 Å². The first kappa shape index (κ1) is 7.53. The van der Waals surface area contributed by atoms with Crippen LogP contribution in [0.15, 0.2) is 0 Å². The van der Waals surface area contributed by atoms with Crippen LogP contribution in [0.2, 0.25) is 0 Å². The molecular weight excluding hydrogens is 140 g/mol. The van der Waals surface area contributed by atoms with Gasteiger partial charge in [-0.05, 0) is 12.8 Å². The number of hydrogen-bond donors (Lipinski definition) is 2. The molecule has 0 bridgehead atoms. The van der Waals surface area contributed by atoms with Crippen LogP contribution in [0.4, 0.5) is 0 Å². The number of rotatable bonds is 2. The molecule has 0 amide bonds. The van der Waals surface area contributed by atoms with Gasteiger partial charge in [0.05, 0.1) is 6.61 Å². The molecule has 0 radical (unpaired) electrons. The van der Waals surface area contributed by atoms with E-state index in [1.165, 1.54) is 12.8 Å². The Morgan fingerprint density at radius 3 is 2.73 bits per heavy atom. The third-order valence-electron chi connectivity index (χ3n) is 2.41. The molecule has 2 heterocycles. The van der Waals surface area contributed by atoms with Gasteiger partial charge in [0.2, 0.25) is 0 Å². The van der Waals surface area contributed by atoms with Gasteiger partial charge in [0, 0.05) is 31.8 Å². The van der Waals surface area contributed by atoms with Crippen molar-refractivity contribution in [3.8, 4) is 0 Å². The lowest BCUT2D eigenvalue weighted by Gasteiger charge is -2.34. The van der Waals surface area contributed by atoms with E-state index in [-0.39, 0.29) is 0 Å². The Labute approximate surface area is 67.5 Å². The van der Waals surface area contributed by atoms with Crippen LogP contribution in [0.25, 0.3) is 0 Å². The largest absolute Gasteiger partial charge is 0.380 e. The molecule has 64 valence electrons. The molecule has 0 spiro atoms. The lowest BCUT2D eigenvalue weighted by molar-refractivity contribution is 0.0634. The third kappa shape index (κ3) is 1.92. The Hall–Kier alpha value is -0.120. The molecule has 2 aliphatic rings. The number of ether oxygens (including phenoxy) is 1. The summed E-state index contributed by atoms with van der Waals surface area (Å²) in [6.45, 7) is 4.14. The molecule has 11 heavy (non-hydrogen) atoms. The zero-order chi connectivity index (χ0) is 7.52. The zero-order valence-corrected chi connectivity index (χ0v) is 6.81. The summed E-state index contributed by atoms with van der Waals surface area (Å²) < 4.78 is 5.37. The fraction of sp³-hybridized carbons (Fsp3) is 1.00. The van der Waals surface area contributed by atoms with Gasteiger partial charge in [-0.25, -0.2) is 0 Å². The van der Waals surface area contributed by atoms with Crippen molar-refractivity contribution in [3.05, 3.63) is 0 Å². The lowest BCUT2D eigenvalue weighted by atomic mass is 10.1. The summed E-state index contributed by atoms with van der Waals surface area (Å²) in [5.41, 5.74) is 0. The topological polar surface area (TPSA) is 33.3 Å². The summed E-state index contributed by atoms with van der Waals surface area (Å²) >= 11 is 0. The Bertz CT molecular complexity index is 119. The minimum Gasteiger partial charge on any atom is -0.380 e. The maximum Gasteiger partial charge on any atom is 0.0619 e. The predicted octanol–water partition coefficient (Wildman–Crippen LogP) is -0.273. The van der Waals surface area contributed by atoms with E-state index < -0.39 is 0 Å². The highest BCUT2D eigenvalue weighted by atomic mass is 16.5. The maximum absolute atomic E-state index is 5.37. The fourth-order valence-corrected chi connectivity index (χ4v) is 1.61. The van der Waals surface area contributed by atoms with Gasteiger partial charge in [-0.2, -0.15) is 0 Å². The quantitative estimate of drug-likeness (QED) is 0.577. The first-order valence-corrected chi connectivity index (χ1v) is 4.49. The zero-order valence-electron chi connectivity index (χ0n) is 6.81. The van der Waals surface area contributed by atoms with E-state index in [0.29, 0.717) is 12.1 Å². The summed E-state index contributed by atoms with van der Waals surface area (Å²) in [4.78, 5) is 0. The normalized spacial score (nSPS) is 33.3. The van der Waals surface area contributed by atoms with Gasteiger partial charge in [-0.3, -0.25) is 0 Å². The summed E-state index contributed by atoms with van der Waals surface area (Å²) in [5.74, 6) is 0. The molecule has 0 aromatic carbocycles. The minimum atomic E-state index is 0.621. The molecule has 2 aliphatic heterocycles. The Morgan fingerprint density at radius 1 is 1.27 bits per heavy atom. The maximum atomic E-state index is 5.37. The van der Waals surface area contributed by atoms with Crippen LogP contribution < -0.4 is 10.6 Å². The second-order valence-corrected chi connectivity index (χ2v) is 3.44. The standard InChI is InChI=1S/C8H16N2O/c1-2-7(6-11-3-1)10-8-4-9-5-8/h7-10H,1-6H2. The predicted molar refractivity (Wildman–Crippen MR) is 43.6 cm³/mol. The number of nitrogens with one attached hydrogen (secondary N) is 2. The molecule has 2 N–H and O–H groups in total. The van der Waals surface area contributed by atoms with Gasteiger partial charge < -0.3 is 15.4 Å². The van der Waals surface area contributed by atoms with Crippen molar-refractivity contribution < 1.29 is 4.74 Å². The molecule has 3 heteroatoms. The molecule has 0 saturated carbocycles. The summed E-state index contributed by atoms with van der Waals surface area (Å²) in [5, 5.41) is 6.82. The summed E-state index contributed by atoms with van der Waals surface area (Å²) in [7, 11) is 0. The molecular formula is C8H16N2O. The van der Waals surface area contributed by atoms with Gasteiger partial charge in [0.25, 0.3) is 0 Å². The van der Waals surface area contributed by atoms with E-state index in [2.05, 4.69) is 10.6 Å². The van der Waals surface area contributed by atoms with Crippen molar-refractivity contribution in [2.75, 3.05) is 26.3 Å². The molecule has 0 aromatic rings. The van der Waals surface area contributed by atoms with Crippen LogP contribution in [0.1, 0.15) is 12.8 Å². The van der Waals surface area contributed by atoms with E-state index >= 15 is 0 Å². The van der Waals surface area contributed by atoms with E-state index in [0.717, 1.165) is 26.3 Å². The van der Waals surface area contributed by atoms with Crippen LogP contribution in [0, 0.1) is 0 Å². The van der Waals surface area contributed by atoms with Crippen LogP contribution >= 0.6 is 0 Å². The Morgan fingerprint density at radius 2 is 2.18 bits per heavy atom. The van der Waals surface area contributed by atoms with E-state index in [1.807, 2.05) is 0 Å². The molecule has 1 unspecified atom stereocenters. The fourth-order valence-electron chi connectivity index (χ4n) is 1.61. The Balaban J connectivity index is 1.67. The Kier molecular flexibility index (Phi) is 2.41. The second kappa shape index (κ2) is 3.52. The lowest BCUT2D eigenvalue weighted by Crippen LogP contribution is -2.59. The average Bonchev–Trinajstić information content (AvgIpc) is 1.99. The van der Waals surface area contributed by atoms with Gasteiger partial charge in [-0.15, -0.1) is 0 Å². The van der Waals surface area contributed by atoms with E-state index in [1.54, 1.807) is 0 Å². The first-order chi connectivity index (χ1) is 5.45. The van der Waals surface area contributed by atoms with Crippen molar-refractivity contribution in [1.29, 1.82) is 0 Å². The monoisotopic (exact) mass is 156 g/mol. The minimum absolute atomic E-state index is 0.621. The van der Waals surface area contributed by atoms with E-state index in [9.17, 15) is 0 Å². The first-order valence-electron chi connectivity index (χ1n) is 4.49. The average molecular weight is 156 g/mol. The van der Waals surface area contributed by atoms with Gasteiger partial charge in [0.15, 0.2) is 0 Å². The molecule has 0 aromatic heterocycles. The molecule has 2 rings (SSSR count). The van der Waals surface area contributed by atoms with Crippen molar-refractivity contribution in [3.63, 3.8) is 0 Å². The summed E-state index contributed by atoms with van der Waals surface area (Å²) in [6, 6.07) is 1.33. The van der Waals surface area contributed by atoms with Gasteiger partial charge >= 0.3 is 0 Å². The van der Waals surface area contributed by atoms with Crippen LogP contribution in [0.3, 0.4) is 0 Å². The number of hydrogen-bond acceptors (Lipinski definition) is 3. The van der Waals surface area contributed by atoms with Crippen LogP contribution in [-0.2, 0) is 4.74 Å². The molecule has 2 saturated heterocycles. The van der Waals surface area contributed by atoms with Crippen molar-refractivity contribution in [2.24, 2.45) is 0 Å². The summed E-state index contributed by atoms with van der Waals surface area (Å²) in [6.07, 6.45) is 2.51. The van der Waals surface area contributed by atoms with Gasteiger partial charge in [0.1, 0.15) is 0 Å². The van der Waals surface area contributed by atoms with Crippen LogP contribution in [-0.4, -0.2) is 38.4 Å². The van der Waals surface area contributed by atoms with Crippen molar-refractivity contribution in [1.82, 2.24) is 10.6 Å². The third-order valence-corrected chi connectivity index (χ3v) is 2.41. The highest BCUT2D eigenvalue weighted by Crippen LogP contribution is 2.07. The molecule has 0 aliphatic carbocycles.